The van der Waals surface area contributed by atoms with E-state index in [1.54, 1.807) is 0 Å². The van der Waals surface area contributed by atoms with E-state index in [1.165, 1.54) is 22.5 Å². The highest BCUT2D eigenvalue weighted by Gasteiger charge is 2.32. The van der Waals surface area contributed by atoms with Gasteiger partial charge in [-0.2, -0.15) is 0 Å². The molecular formula is C23H24N2. The van der Waals surface area contributed by atoms with Crippen LogP contribution in [0, 0.1) is 0 Å². The lowest BCUT2D eigenvalue weighted by molar-refractivity contribution is 0.626. The minimum Gasteiger partial charge on any atom is -0.345 e. The van der Waals surface area contributed by atoms with Crippen molar-refractivity contribution in [3.63, 3.8) is 0 Å². The quantitative estimate of drug-likeness (QED) is 0.598. The molecule has 0 fully saturated rings. The monoisotopic (exact) mass is 328 g/mol. The van der Waals surface area contributed by atoms with Gasteiger partial charge < -0.3 is 9.80 Å². The first-order valence-corrected chi connectivity index (χ1v) is 8.98. The second-order valence-corrected chi connectivity index (χ2v) is 6.74. The Balaban J connectivity index is 1.68. The number of rotatable bonds is 4. The lowest BCUT2D eigenvalue weighted by Gasteiger charge is -2.31. The first kappa shape index (κ1) is 15.8. The zero-order valence-corrected chi connectivity index (χ0v) is 14.8. The Morgan fingerprint density at radius 1 is 0.560 bits per heavy atom. The van der Waals surface area contributed by atoms with Crippen LogP contribution < -0.4 is 9.80 Å². The lowest BCUT2D eigenvalue weighted by atomic mass is 10.1. The minimum atomic E-state index is 0.343. The van der Waals surface area contributed by atoms with Crippen molar-refractivity contribution in [3.8, 4) is 0 Å². The summed E-state index contributed by atoms with van der Waals surface area (Å²) in [7, 11) is 0. The Hall–Kier alpha value is -2.74. The van der Waals surface area contributed by atoms with Crippen molar-refractivity contribution in [2.24, 2.45) is 0 Å². The van der Waals surface area contributed by atoms with Gasteiger partial charge in [0.15, 0.2) is 0 Å². The molecule has 2 heteroatoms. The van der Waals surface area contributed by atoms with Crippen molar-refractivity contribution in [1.82, 2.24) is 0 Å². The molecule has 2 nitrogen and oxygen atoms in total. The van der Waals surface area contributed by atoms with Crippen LogP contribution in [-0.2, 0) is 0 Å². The van der Waals surface area contributed by atoms with Crippen molar-refractivity contribution >= 4 is 11.4 Å². The Labute approximate surface area is 150 Å². The third kappa shape index (κ3) is 2.89. The van der Waals surface area contributed by atoms with E-state index in [0.29, 0.717) is 12.1 Å². The number of nitrogens with zero attached hydrogens (tertiary/aromatic N) is 2. The molecule has 2 unspecified atom stereocenters. The fourth-order valence-corrected chi connectivity index (χ4v) is 3.75. The van der Waals surface area contributed by atoms with Crippen molar-refractivity contribution in [2.75, 3.05) is 16.5 Å². The summed E-state index contributed by atoms with van der Waals surface area (Å²) >= 11 is 0. The van der Waals surface area contributed by atoms with Crippen LogP contribution in [0.5, 0.6) is 0 Å². The van der Waals surface area contributed by atoms with Crippen LogP contribution in [0.15, 0.2) is 84.9 Å². The van der Waals surface area contributed by atoms with Crippen LogP contribution in [0.2, 0.25) is 0 Å². The van der Waals surface area contributed by atoms with E-state index in [-0.39, 0.29) is 0 Å². The third-order valence-corrected chi connectivity index (χ3v) is 5.30. The van der Waals surface area contributed by atoms with Crippen molar-refractivity contribution in [1.29, 1.82) is 0 Å². The van der Waals surface area contributed by atoms with Crippen LogP contribution in [0.4, 0.5) is 11.4 Å². The van der Waals surface area contributed by atoms with Crippen molar-refractivity contribution in [2.45, 2.75) is 25.9 Å². The van der Waals surface area contributed by atoms with Crippen LogP contribution >= 0.6 is 0 Å². The molecule has 1 aliphatic rings. The SMILES string of the molecule is CC(c1ccccc1)N1CN(C(C)c2ccccc2)c2ccccc21. The third-order valence-electron chi connectivity index (χ3n) is 5.30. The van der Waals surface area contributed by atoms with E-state index < -0.39 is 0 Å². The second kappa shape index (κ2) is 6.64. The van der Waals surface area contributed by atoms with Crippen LogP contribution in [0.1, 0.15) is 37.1 Å². The van der Waals surface area contributed by atoms with E-state index in [1.807, 2.05) is 0 Å². The Morgan fingerprint density at radius 2 is 0.920 bits per heavy atom. The number of hydrogen-bond donors (Lipinski definition) is 0. The average molecular weight is 328 g/mol. The molecule has 2 atom stereocenters. The molecule has 0 aromatic heterocycles. The molecule has 1 heterocycles. The molecule has 0 saturated carbocycles. The molecule has 3 aromatic carbocycles. The molecule has 0 spiro atoms. The maximum atomic E-state index is 2.50. The summed E-state index contributed by atoms with van der Waals surface area (Å²) in [6.07, 6.45) is 0. The van der Waals surface area contributed by atoms with Crippen LogP contribution in [0.3, 0.4) is 0 Å². The molecule has 0 aliphatic carbocycles. The van der Waals surface area contributed by atoms with Gasteiger partial charge >= 0.3 is 0 Å². The predicted molar refractivity (Wildman–Crippen MR) is 106 cm³/mol. The standard InChI is InChI=1S/C23H24N2/c1-18(20-11-5-3-6-12-20)24-17-25(23-16-10-9-15-22(23)24)19(2)21-13-7-4-8-14-21/h3-16,18-19H,17H2,1-2H3. The molecule has 0 radical (unpaired) electrons. The summed E-state index contributed by atoms with van der Waals surface area (Å²) in [4.78, 5) is 5.01. The van der Waals surface area contributed by atoms with Gasteiger partial charge in [-0.05, 0) is 37.1 Å². The highest BCUT2D eigenvalue weighted by molar-refractivity contribution is 5.77. The topological polar surface area (TPSA) is 6.48 Å². The largest absolute Gasteiger partial charge is 0.345 e. The van der Waals surface area contributed by atoms with Crippen LogP contribution in [-0.4, -0.2) is 6.67 Å². The summed E-state index contributed by atoms with van der Waals surface area (Å²) in [5.74, 6) is 0. The van der Waals surface area contributed by atoms with Gasteiger partial charge in [0.1, 0.15) is 0 Å². The first-order chi connectivity index (χ1) is 12.3. The average Bonchev–Trinajstić information content (AvgIpc) is 3.08. The molecule has 0 saturated heterocycles. The molecular weight excluding hydrogens is 304 g/mol. The molecule has 0 amide bonds. The van der Waals surface area contributed by atoms with E-state index in [4.69, 9.17) is 0 Å². The van der Waals surface area contributed by atoms with Gasteiger partial charge in [-0.3, -0.25) is 0 Å². The van der Waals surface area contributed by atoms with Gasteiger partial charge in [-0.1, -0.05) is 72.8 Å². The summed E-state index contributed by atoms with van der Waals surface area (Å²) in [6.45, 7) is 5.50. The van der Waals surface area contributed by atoms with Crippen LogP contribution in [0.25, 0.3) is 0 Å². The molecule has 25 heavy (non-hydrogen) atoms. The number of benzene rings is 3. The van der Waals surface area contributed by atoms with Gasteiger partial charge in [-0.15, -0.1) is 0 Å². The van der Waals surface area contributed by atoms with Gasteiger partial charge in [0.25, 0.3) is 0 Å². The van der Waals surface area contributed by atoms with E-state index >= 15 is 0 Å². The van der Waals surface area contributed by atoms with Crippen molar-refractivity contribution < 1.29 is 0 Å². The van der Waals surface area contributed by atoms with Gasteiger partial charge in [-0.25, -0.2) is 0 Å². The number of para-hydroxylation sites is 2. The molecule has 0 bridgehead atoms. The number of hydrogen-bond acceptors (Lipinski definition) is 2. The Morgan fingerprint density at radius 3 is 1.32 bits per heavy atom. The molecule has 126 valence electrons. The summed E-state index contributed by atoms with van der Waals surface area (Å²) < 4.78 is 0. The molecule has 1 aliphatic heterocycles. The number of anilines is 2. The molecule has 0 N–H and O–H groups in total. The maximum Gasteiger partial charge on any atom is 0.0916 e. The first-order valence-electron chi connectivity index (χ1n) is 8.98. The fourth-order valence-electron chi connectivity index (χ4n) is 3.75. The van der Waals surface area contributed by atoms with E-state index in [0.717, 1.165) is 6.67 Å². The summed E-state index contributed by atoms with van der Waals surface area (Å²) in [5, 5.41) is 0. The normalized spacial score (nSPS) is 15.8. The summed E-state index contributed by atoms with van der Waals surface area (Å²) in [5.41, 5.74) is 5.35. The fraction of sp³-hybridized carbons (Fsp3) is 0.217. The second-order valence-electron chi connectivity index (χ2n) is 6.74. The van der Waals surface area contributed by atoms with Gasteiger partial charge in [0.05, 0.1) is 30.1 Å². The van der Waals surface area contributed by atoms with Gasteiger partial charge in [0, 0.05) is 0 Å². The highest BCUT2D eigenvalue weighted by atomic mass is 15.4. The Kier molecular flexibility index (Phi) is 4.19. The summed E-state index contributed by atoms with van der Waals surface area (Å²) in [6, 6.07) is 31.0. The molecule has 3 aromatic rings. The predicted octanol–water partition coefficient (Wildman–Crippen LogP) is 5.79. The number of fused-ring (bicyclic) bond motifs is 1. The Bertz CT molecular complexity index is 758. The van der Waals surface area contributed by atoms with Gasteiger partial charge in [0.2, 0.25) is 0 Å². The lowest BCUT2D eigenvalue weighted by Crippen LogP contribution is -2.34. The molecule has 4 rings (SSSR count). The highest BCUT2D eigenvalue weighted by Crippen LogP contribution is 2.43. The van der Waals surface area contributed by atoms with E-state index in [9.17, 15) is 0 Å². The smallest absolute Gasteiger partial charge is 0.0916 e. The maximum absolute atomic E-state index is 2.50. The van der Waals surface area contributed by atoms with E-state index in [2.05, 4.69) is 109 Å². The van der Waals surface area contributed by atoms with Crippen molar-refractivity contribution in [3.05, 3.63) is 96.1 Å². The minimum absolute atomic E-state index is 0.343. The zero-order valence-electron chi connectivity index (χ0n) is 14.8. The zero-order chi connectivity index (χ0) is 17.2.